The van der Waals surface area contributed by atoms with E-state index in [1.54, 1.807) is 7.11 Å². The number of carbonyl (C=O) groups is 1. The van der Waals surface area contributed by atoms with Crippen LogP contribution < -0.4 is 14.8 Å². The summed E-state index contributed by atoms with van der Waals surface area (Å²) in [6, 6.07) is 5.59. The molecule has 0 spiro atoms. The van der Waals surface area contributed by atoms with Crippen molar-refractivity contribution < 1.29 is 14.3 Å². The molecule has 4 heteroatoms. The topological polar surface area (TPSA) is 47.6 Å². The molecular weight excluding hydrogens is 218 g/mol. The number of carbonyl (C=O) groups excluding carboxylic acids is 1. The first-order chi connectivity index (χ1) is 8.07. The molecule has 4 nitrogen and oxygen atoms in total. The summed E-state index contributed by atoms with van der Waals surface area (Å²) < 4.78 is 11.2. The van der Waals surface area contributed by atoms with Gasteiger partial charge in [0.25, 0.3) is 0 Å². The standard InChI is InChI=1S/C13H17NO3/c1-13(2)7-9(14-8-15)12-10(16-3)5-4-6-11(12)17-13/h4-6,8-9H,7H2,1-3H3,(H,14,15). The van der Waals surface area contributed by atoms with Gasteiger partial charge in [-0.3, -0.25) is 4.79 Å². The molecule has 1 N–H and O–H groups in total. The maximum absolute atomic E-state index is 10.7. The second kappa shape index (κ2) is 4.28. The third-order valence-corrected chi connectivity index (χ3v) is 2.95. The molecule has 0 fully saturated rings. The fourth-order valence-electron chi connectivity index (χ4n) is 2.29. The highest BCUT2D eigenvalue weighted by molar-refractivity contribution is 5.54. The van der Waals surface area contributed by atoms with Gasteiger partial charge in [-0.1, -0.05) is 6.07 Å². The fourth-order valence-corrected chi connectivity index (χ4v) is 2.29. The minimum atomic E-state index is -0.292. The van der Waals surface area contributed by atoms with Gasteiger partial charge in [0.1, 0.15) is 17.1 Å². The summed E-state index contributed by atoms with van der Waals surface area (Å²) in [6.45, 7) is 4.02. The number of benzene rings is 1. The number of rotatable bonds is 3. The average molecular weight is 235 g/mol. The minimum absolute atomic E-state index is 0.0672. The van der Waals surface area contributed by atoms with Gasteiger partial charge in [0.05, 0.1) is 18.7 Å². The number of amides is 1. The SMILES string of the molecule is COc1cccc2c1C(NC=O)CC(C)(C)O2. The lowest BCUT2D eigenvalue weighted by molar-refractivity contribution is -0.110. The van der Waals surface area contributed by atoms with Crippen molar-refractivity contribution in [1.82, 2.24) is 5.32 Å². The van der Waals surface area contributed by atoms with Gasteiger partial charge in [-0.2, -0.15) is 0 Å². The first-order valence-electron chi connectivity index (χ1n) is 5.63. The van der Waals surface area contributed by atoms with Crippen molar-refractivity contribution in [2.45, 2.75) is 31.9 Å². The molecule has 1 aromatic carbocycles. The maximum atomic E-state index is 10.7. The van der Waals surface area contributed by atoms with Crippen LogP contribution in [0.15, 0.2) is 18.2 Å². The molecule has 0 aromatic heterocycles. The highest BCUT2D eigenvalue weighted by atomic mass is 16.5. The Bertz CT molecular complexity index is 429. The van der Waals surface area contributed by atoms with Crippen molar-refractivity contribution in [2.75, 3.05) is 7.11 Å². The van der Waals surface area contributed by atoms with Crippen LogP contribution in [0.1, 0.15) is 31.9 Å². The van der Waals surface area contributed by atoms with Gasteiger partial charge in [-0.25, -0.2) is 0 Å². The normalized spacial score (nSPS) is 21.0. The van der Waals surface area contributed by atoms with Crippen LogP contribution in [0.25, 0.3) is 0 Å². The Morgan fingerprint density at radius 3 is 2.94 bits per heavy atom. The Labute approximate surface area is 101 Å². The van der Waals surface area contributed by atoms with Crippen LogP contribution in [0.2, 0.25) is 0 Å². The molecule has 0 aliphatic carbocycles. The quantitative estimate of drug-likeness (QED) is 0.816. The molecule has 0 bridgehead atoms. The molecule has 1 unspecified atom stereocenters. The first-order valence-corrected chi connectivity index (χ1v) is 5.63. The summed E-state index contributed by atoms with van der Waals surface area (Å²) in [4.78, 5) is 10.7. The lowest BCUT2D eigenvalue weighted by Gasteiger charge is -2.37. The van der Waals surface area contributed by atoms with Crippen molar-refractivity contribution in [3.8, 4) is 11.5 Å². The van der Waals surface area contributed by atoms with E-state index < -0.39 is 0 Å². The molecule has 1 aliphatic heterocycles. The summed E-state index contributed by atoms with van der Waals surface area (Å²) >= 11 is 0. The van der Waals surface area contributed by atoms with Gasteiger partial charge in [0.15, 0.2) is 0 Å². The number of methoxy groups -OCH3 is 1. The second-order valence-electron chi connectivity index (χ2n) is 4.78. The van der Waals surface area contributed by atoms with Crippen LogP contribution in [-0.2, 0) is 4.79 Å². The van der Waals surface area contributed by atoms with E-state index in [4.69, 9.17) is 9.47 Å². The minimum Gasteiger partial charge on any atom is -0.496 e. The average Bonchev–Trinajstić information content (AvgIpc) is 2.26. The van der Waals surface area contributed by atoms with Crippen molar-refractivity contribution in [2.24, 2.45) is 0 Å². The molecule has 1 heterocycles. The van der Waals surface area contributed by atoms with E-state index in [0.717, 1.165) is 29.9 Å². The van der Waals surface area contributed by atoms with Gasteiger partial charge < -0.3 is 14.8 Å². The Morgan fingerprint density at radius 2 is 2.29 bits per heavy atom. The van der Waals surface area contributed by atoms with Crippen molar-refractivity contribution >= 4 is 6.41 Å². The smallest absolute Gasteiger partial charge is 0.207 e. The van der Waals surface area contributed by atoms with Gasteiger partial charge in [0.2, 0.25) is 6.41 Å². The zero-order valence-electron chi connectivity index (χ0n) is 10.3. The van der Waals surface area contributed by atoms with Crippen LogP contribution in [0.3, 0.4) is 0 Å². The van der Waals surface area contributed by atoms with E-state index in [2.05, 4.69) is 5.32 Å². The summed E-state index contributed by atoms with van der Waals surface area (Å²) in [5, 5.41) is 2.83. The lowest BCUT2D eigenvalue weighted by Crippen LogP contribution is -2.39. The summed E-state index contributed by atoms with van der Waals surface area (Å²) in [5.41, 5.74) is 0.626. The molecule has 0 saturated heterocycles. The molecule has 0 radical (unpaired) electrons. The van der Waals surface area contributed by atoms with Crippen molar-refractivity contribution in [3.05, 3.63) is 23.8 Å². The largest absolute Gasteiger partial charge is 0.496 e. The summed E-state index contributed by atoms with van der Waals surface area (Å²) in [5.74, 6) is 1.53. The molecule has 1 aromatic rings. The van der Waals surface area contributed by atoms with Gasteiger partial charge in [-0.15, -0.1) is 0 Å². The molecule has 1 amide bonds. The highest BCUT2D eigenvalue weighted by Crippen LogP contribution is 2.43. The Balaban J connectivity index is 2.48. The molecular formula is C13H17NO3. The van der Waals surface area contributed by atoms with E-state index in [0.29, 0.717) is 0 Å². The molecule has 17 heavy (non-hydrogen) atoms. The Kier molecular flexibility index (Phi) is 2.96. The third-order valence-electron chi connectivity index (χ3n) is 2.95. The highest BCUT2D eigenvalue weighted by Gasteiger charge is 2.35. The number of ether oxygens (including phenoxy) is 2. The predicted octanol–water partition coefficient (Wildman–Crippen LogP) is 2.04. The van der Waals surface area contributed by atoms with E-state index >= 15 is 0 Å². The Morgan fingerprint density at radius 1 is 1.53 bits per heavy atom. The molecule has 0 saturated carbocycles. The first kappa shape index (κ1) is 11.8. The third kappa shape index (κ3) is 2.20. The van der Waals surface area contributed by atoms with E-state index in [1.165, 1.54) is 0 Å². The number of hydrogen-bond acceptors (Lipinski definition) is 3. The van der Waals surface area contributed by atoms with Crippen LogP contribution in [-0.4, -0.2) is 19.1 Å². The van der Waals surface area contributed by atoms with Crippen LogP contribution in [0, 0.1) is 0 Å². The van der Waals surface area contributed by atoms with E-state index in [-0.39, 0.29) is 11.6 Å². The van der Waals surface area contributed by atoms with Crippen LogP contribution in [0.5, 0.6) is 11.5 Å². The fraction of sp³-hybridized carbons (Fsp3) is 0.462. The van der Waals surface area contributed by atoms with Crippen LogP contribution >= 0.6 is 0 Å². The number of nitrogens with one attached hydrogen (secondary N) is 1. The van der Waals surface area contributed by atoms with Crippen LogP contribution in [0.4, 0.5) is 0 Å². The van der Waals surface area contributed by atoms with E-state index in [1.807, 2.05) is 32.0 Å². The summed E-state index contributed by atoms with van der Waals surface area (Å²) in [7, 11) is 1.62. The molecule has 1 aliphatic rings. The maximum Gasteiger partial charge on any atom is 0.207 e. The van der Waals surface area contributed by atoms with Gasteiger partial charge in [-0.05, 0) is 26.0 Å². The van der Waals surface area contributed by atoms with Gasteiger partial charge in [0, 0.05) is 6.42 Å². The number of hydrogen-bond donors (Lipinski definition) is 1. The van der Waals surface area contributed by atoms with Crippen molar-refractivity contribution in [1.29, 1.82) is 0 Å². The summed E-state index contributed by atoms with van der Waals surface area (Å²) in [6.07, 6.45) is 1.45. The second-order valence-corrected chi connectivity index (χ2v) is 4.78. The monoisotopic (exact) mass is 235 g/mol. The molecule has 2 rings (SSSR count). The Hall–Kier alpha value is -1.71. The molecule has 92 valence electrons. The zero-order valence-corrected chi connectivity index (χ0v) is 10.3. The number of fused-ring (bicyclic) bond motifs is 1. The predicted molar refractivity (Wildman–Crippen MR) is 64.3 cm³/mol. The lowest BCUT2D eigenvalue weighted by atomic mass is 9.89. The molecule has 1 atom stereocenters. The van der Waals surface area contributed by atoms with Crippen molar-refractivity contribution in [3.63, 3.8) is 0 Å². The zero-order chi connectivity index (χ0) is 12.5. The van der Waals surface area contributed by atoms with Gasteiger partial charge >= 0.3 is 0 Å². The van der Waals surface area contributed by atoms with E-state index in [9.17, 15) is 4.79 Å².